The lowest BCUT2D eigenvalue weighted by Crippen LogP contribution is -2.03. The normalized spacial score (nSPS) is 19.2. The molecule has 0 bridgehead atoms. The first kappa shape index (κ1) is 7.78. The summed E-state index contributed by atoms with van der Waals surface area (Å²) in [5, 5.41) is 0. The molecular weight excluding hydrogens is 151 g/mol. The van der Waals surface area contributed by atoms with Crippen LogP contribution in [0.5, 0.6) is 0 Å². The van der Waals surface area contributed by atoms with E-state index in [0.717, 1.165) is 0 Å². The van der Waals surface area contributed by atoms with Gasteiger partial charge in [-0.2, -0.15) is 0 Å². The Bertz CT molecular complexity index is 270. The fourth-order valence-corrected chi connectivity index (χ4v) is 1.80. The minimum Gasteiger partial charge on any atom is -0.207 e. The maximum absolute atomic E-state index is 12.6. The zero-order chi connectivity index (χ0) is 8.60. The Morgan fingerprint density at radius 3 is 2.25 bits per heavy atom. The predicted octanol–water partition coefficient (Wildman–Crippen LogP) is 3.27. The third kappa shape index (κ3) is 1.13. The summed E-state index contributed by atoms with van der Waals surface area (Å²) in [5.41, 5.74) is 1.72. The monoisotopic (exact) mass is 164 g/mol. The second kappa shape index (κ2) is 2.58. The molecule has 0 spiro atoms. The van der Waals surface area contributed by atoms with Crippen molar-refractivity contribution in [2.45, 2.75) is 31.6 Å². The molecule has 12 heavy (non-hydrogen) atoms. The van der Waals surface area contributed by atoms with E-state index in [4.69, 9.17) is 0 Å². The van der Waals surface area contributed by atoms with E-state index < -0.39 is 0 Å². The van der Waals surface area contributed by atoms with Gasteiger partial charge >= 0.3 is 0 Å². The van der Waals surface area contributed by atoms with Crippen LogP contribution in [0, 0.1) is 5.82 Å². The second-order valence-corrected chi connectivity index (χ2v) is 3.64. The van der Waals surface area contributed by atoms with Gasteiger partial charge in [0.2, 0.25) is 0 Å². The highest BCUT2D eigenvalue weighted by molar-refractivity contribution is 5.30. The molecule has 0 aromatic heterocycles. The second-order valence-electron chi connectivity index (χ2n) is 3.64. The molecule has 0 N–H and O–H groups in total. The Morgan fingerprint density at radius 1 is 1.25 bits per heavy atom. The smallest absolute Gasteiger partial charge is 0.123 e. The first-order valence-corrected chi connectivity index (χ1v) is 4.53. The van der Waals surface area contributed by atoms with Gasteiger partial charge in [-0.05, 0) is 42.4 Å². The highest BCUT2D eigenvalue weighted by atomic mass is 19.1. The molecule has 1 saturated carbocycles. The molecule has 1 aliphatic rings. The number of benzene rings is 1. The van der Waals surface area contributed by atoms with E-state index in [1.54, 1.807) is 12.1 Å². The van der Waals surface area contributed by atoms with Crippen LogP contribution in [-0.2, 0) is 5.41 Å². The van der Waals surface area contributed by atoms with Crippen LogP contribution >= 0.6 is 0 Å². The Labute approximate surface area is 72.4 Å². The zero-order valence-corrected chi connectivity index (χ0v) is 7.31. The SMILES string of the molecule is CCC1(c2ccc(F)cc2)CC1. The highest BCUT2D eigenvalue weighted by Crippen LogP contribution is 2.50. The van der Waals surface area contributed by atoms with Gasteiger partial charge in [0.1, 0.15) is 5.82 Å². The van der Waals surface area contributed by atoms with Gasteiger partial charge in [-0.3, -0.25) is 0 Å². The maximum Gasteiger partial charge on any atom is 0.123 e. The van der Waals surface area contributed by atoms with Crippen molar-refractivity contribution in [1.82, 2.24) is 0 Å². The Kier molecular flexibility index (Phi) is 1.67. The van der Waals surface area contributed by atoms with Gasteiger partial charge in [0, 0.05) is 0 Å². The molecule has 1 heteroatoms. The molecule has 1 aromatic carbocycles. The molecule has 1 fully saturated rings. The van der Waals surface area contributed by atoms with Crippen molar-refractivity contribution in [3.63, 3.8) is 0 Å². The Hall–Kier alpha value is -0.850. The van der Waals surface area contributed by atoms with Crippen molar-refractivity contribution in [3.8, 4) is 0 Å². The van der Waals surface area contributed by atoms with E-state index in [2.05, 4.69) is 6.92 Å². The third-order valence-corrected chi connectivity index (χ3v) is 2.99. The first-order valence-electron chi connectivity index (χ1n) is 4.53. The highest BCUT2D eigenvalue weighted by Gasteiger charge is 2.41. The summed E-state index contributed by atoms with van der Waals surface area (Å²) >= 11 is 0. The number of rotatable bonds is 2. The lowest BCUT2D eigenvalue weighted by Gasteiger charge is -2.11. The lowest BCUT2D eigenvalue weighted by atomic mass is 9.93. The average Bonchev–Trinajstić information content (AvgIpc) is 2.86. The first-order chi connectivity index (χ1) is 5.77. The summed E-state index contributed by atoms with van der Waals surface area (Å²) in [7, 11) is 0. The van der Waals surface area contributed by atoms with Crippen LogP contribution in [0.2, 0.25) is 0 Å². The average molecular weight is 164 g/mol. The molecule has 0 heterocycles. The van der Waals surface area contributed by atoms with Crippen LogP contribution in [0.4, 0.5) is 4.39 Å². The van der Waals surface area contributed by atoms with Crippen molar-refractivity contribution in [2.75, 3.05) is 0 Å². The van der Waals surface area contributed by atoms with Crippen molar-refractivity contribution >= 4 is 0 Å². The van der Waals surface area contributed by atoms with Gasteiger partial charge in [-0.1, -0.05) is 19.1 Å². The largest absolute Gasteiger partial charge is 0.207 e. The van der Waals surface area contributed by atoms with Gasteiger partial charge < -0.3 is 0 Å². The summed E-state index contributed by atoms with van der Waals surface area (Å²) in [4.78, 5) is 0. The van der Waals surface area contributed by atoms with Crippen LogP contribution in [0.3, 0.4) is 0 Å². The fraction of sp³-hybridized carbons (Fsp3) is 0.455. The van der Waals surface area contributed by atoms with Crippen molar-refractivity contribution in [1.29, 1.82) is 0 Å². The molecule has 0 aliphatic heterocycles. The molecule has 0 nitrogen and oxygen atoms in total. The molecule has 1 aliphatic carbocycles. The molecule has 1 aromatic rings. The molecular formula is C11H13F. The van der Waals surface area contributed by atoms with Crippen LogP contribution < -0.4 is 0 Å². The van der Waals surface area contributed by atoms with E-state index >= 15 is 0 Å². The molecule has 0 atom stereocenters. The van der Waals surface area contributed by atoms with E-state index in [0.29, 0.717) is 5.41 Å². The number of hydrogen-bond donors (Lipinski definition) is 0. The summed E-state index contributed by atoms with van der Waals surface area (Å²) in [6.45, 7) is 2.20. The van der Waals surface area contributed by atoms with Crippen molar-refractivity contribution in [2.24, 2.45) is 0 Å². The van der Waals surface area contributed by atoms with E-state index in [9.17, 15) is 4.39 Å². The fourth-order valence-electron chi connectivity index (χ4n) is 1.80. The van der Waals surface area contributed by atoms with Crippen LogP contribution in [0.25, 0.3) is 0 Å². The minimum atomic E-state index is -0.134. The summed E-state index contributed by atoms with van der Waals surface area (Å²) in [6, 6.07) is 6.97. The number of hydrogen-bond acceptors (Lipinski definition) is 0. The van der Waals surface area contributed by atoms with Crippen LogP contribution in [0.1, 0.15) is 31.7 Å². The van der Waals surface area contributed by atoms with Gasteiger partial charge in [0.05, 0.1) is 0 Å². The zero-order valence-electron chi connectivity index (χ0n) is 7.31. The number of halogens is 1. The van der Waals surface area contributed by atoms with Crippen LogP contribution in [0.15, 0.2) is 24.3 Å². The molecule has 0 unspecified atom stereocenters. The predicted molar refractivity (Wildman–Crippen MR) is 47.6 cm³/mol. The van der Waals surface area contributed by atoms with E-state index in [-0.39, 0.29) is 5.82 Å². The Morgan fingerprint density at radius 2 is 1.83 bits per heavy atom. The maximum atomic E-state index is 12.6. The topological polar surface area (TPSA) is 0 Å². The molecule has 0 amide bonds. The molecule has 64 valence electrons. The molecule has 2 rings (SSSR count). The van der Waals surface area contributed by atoms with E-state index in [1.165, 1.54) is 24.8 Å². The quantitative estimate of drug-likeness (QED) is 0.629. The standard InChI is InChI=1S/C11H13F/c1-2-11(7-8-11)9-3-5-10(12)6-4-9/h3-6H,2,7-8H2,1H3. The van der Waals surface area contributed by atoms with Gasteiger partial charge in [-0.15, -0.1) is 0 Å². The van der Waals surface area contributed by atoms with Gasteiger partial charge in [0.15, 0.2) is 0 Å². The van der Waals surface area contributed by atoms with Gasteiger partial charge in [0.25, 0.3) is 0 Å². The molecule has 0 radical (unpaired) electrons. The Balaban J connectivity index is 2.29. The third-order valence-electron chi connectivity index (χ3n) is 2.99. The summed E-state index contributed by atoms with van der Waals surface area (Å²) in [5.74, 6) is -0.134. The molecule has 0 saturated heterocycles. The summed E-state index contributed by atoms with van der Waals surface area (Å²) in [6.07, 6.45) is 3.73. The summed E-state index contributed by atoms with van der Waals surface area (Å²) < 4.78 is 12.6. The van der Waals surface area contributed by atoms with Crippen molar-refractivity contribution < 1.29 is 4.39 Å². The van der Waals surface area contributed by atoms with Crippen molar-refractivity contribution in [3.05, 3.63) is 35.6 Å². The minimum absolute atomic E-state index is 0.134. The van der Waals surface area contributed by atoms with Gasteiger partial charge in [-0.25, -0.2) is 4.39 Å². The van der Waals surface area contributed by atoms with Crippen LogP contribution in [-0.4, -0.2) is 0 Å². The lowest BCUT2D eigenvalue weighted by molar-refractivity contribution is 0.620. The van der Waals surface area contributed by atoms with E-state index in [1.807, 2.05) is 12.1 Å².